The number of aromatic nitrogens is 2. The predicted octanol–water partition coefficient (Wildman–Crippen LogP) is 2.96. The number of rotatable bonds is 2. The van der Waals surface area contributed by atoms with Crippen molar-refractivity contribution in [3.63, 3.8) is 0 Å². The molecule has 1 aromatic rings. The highest BCUT2D eigenvalue weighted by Gasteiger charge is 2.43. The Bertz CT molecular complexity index is 464. The molecule has 3 fully saturated rings. The molecule has 1 aliphatic heterocycles. The van der Waals surface area contributed by atoms with Crippen molar-refractivity contribution in [3.05, 3.63) is 11.7 Å². The van der Waals surface area contributed by atoms with Gasteiger partial charge >= 0.3 is 0 Å². The summed E-state index contributed by atoms with van der Waals surface area (Å²) in [6, 6.07) is 0. The van der Waals surface area contributed by atoms with Gasteiger partial charge in [0.15, 0.2) is 5.82 Å². The van der Waals surface area contributed by atoms with E-state index in [0.29, 0.717) is 5.92 Å². The summed E-state index contributed by atoms with van der Waals surface area (Å²) in [6.07, 6.45) is 9.07. The van der Waals surface area contributed by atoms with Crippen molar-refractivity contribution < 1.29 is 4.52 Å². The van der Waals surface area contributed by atoms with Gasteiger partial charge in [-0.3, -0.25) is 0 Å². The maximum absolute atomic E-state index is 5.60. The van der Waals surface area contributed by atoms with E-state index in [0.717, 1.165) is 36.5 Å². The molecule has 4 heteroatoms. The third-order valence-electron chi connectivity index (χ3n) is 5.60. The van der Waals surface area contributed by atoms with Crippen molar-refractivity contribution in [1.29, 1.82) is 0 Å². The number of nitrogens with one attached hydrogen (secondary N) is 1. The van der Waals surface area contributed by atoms with Crippen molar-refractivity contribution in [2.75, 3.05) is 6.54 Å². The van der Waals surface area contributed by atoms with Crippen LogP contribution in [0.25, 0.3) is 0 Å². The van der Waals surface area contributed by atoms with E-state index in [4.69, 9.17) is 9.51 Å². The van der Waals surface area contributed by atoms with Gasteiger partial charge < -0.3 is 9.84 Å². The van der Waals surface area contributed by atoms with E-state index in [2.05, 4.69) is 17.4 Å². The average molecular weight is 261 g/mol. The Balaban J connectivity index is 1.56. The molecule has 0 spiro atoms. The fourth-order valence-electron chi connectivity index (χ4n) is 4.41. The van der Waals surface area contributed by atoms with Crippen LogP contribution >= 0.6 is 0 Å². The summed E-state index contributed by atoms with van der Waals surface area (Å²) in [5.74, 6) is 4.12. The van der Waals surface area contributed by atoms with E-state index in [9.17, 15) is 0 Å². The molecule has 3 aliphatic rings. The van der Waals surface area contributed by atoms with Gasteiger partial charge in [-0.05, 0) is 63.8 Å². The van der Waals surface area contributed by atoms with Crippen LogP contribution < -0.4 is 5.32 Å². The Morgan fingerprint density at radius 3 is 2.89 bits per heavy atom. The minimum absolute atomic E-state index is 0.0961. The lowest BCUT2D eigenvalue weighted by Crippen LogP contribution is -2.43. The second-order valence-corrected chi connectivity index (χ2v) is 6.96. The van der Waals surface area contributed by atoms with Crippen molar-refractivity contribution in [2.24, 2.45) is 11.8 Å². The zero-order chi connectivity index (χ0) is 12.9. The van der Waals surface area contributed by atoms with Crippen molar-refractivity contribution in [1.82, 2.24) is 15.5 Å². The molecule has 4 nitrogen and oxygen atoms in total. The lowest BCUT2D eigenvalue weighted by atomic mass is 9.88. The van der Waals surface area contributed by atoms with E-state index in [1.807, 2.05) is 0 Å². The van der Waals surface area contributed by atoms with Crippen LogP contribution in [0.4, 0.5) is 0 Å². The minimum atomic E-state index is -0.0961. The molecular formula is C15H23N3O. The molecule has 4 atom stereocenters. The van der Waals surface area contributed by atoms with Crippen LogP contribution in [0.2, 0.25) is 0 Å². The van der Waals surface area contributed by atoms with Gasteiger partial charge in [0, 0.05) is 5.92 Å². The first-order valence-corrected chi connectivity index (χ1v) is 7.84. The third kappa shape index (κ3) is 1.92. The van der Waals surface area contributed by atoms with Gasteiger partial charge in [-0.1, -0.05) is 11.6 Å². The van der Waals surface area contributed by atoms with Crippen LogP contribution in [-0.2, 0) is 5.54 Å². The van der Waals surface area contributed by atoms with Gasteiger partial charge in [-0.25, -0.2) is 0 Å². The molecule has 0 radical (unpaired) electrons. The Hall–Kier alpha value is -0.900. The van der Waals surface area contributed by atoms with Crippen LogP contribution in [0.15, 0.2) is 4.52 Å². The van der Waals surface area contributed by atoms with E-state index in [1.165, 1.54) is 38.5 Å². The maximum atomic E-state index is 5.60. The quantitative estimate of drug-likeness (QED) is 0.889. The van der Waals surface area contributed by atoms with Gasteiger partial charge in [-0.2, -0.15) is 4.98 Å². The van der Waals surface area contributed by atoms with Crippen molar-refractivity contribution >= 4 is 0 Å². The highest BCUT2D eigenvalue weighted by atomic mass is 16.5. The highest BCUT2D eigenvalue weighted by Crippen LogP contribution is 2.52. The molecule has 2 heterocycles. The van der Waals surface area contributed by atoms with Crippen LogP contribution in [0.1, 0.15) is 69.5 Å². The summed E-state index contributed by atoms with van der Waals surface area (Å²) in [6.45, 7) is 3.26. The Morgan fingerprint density at radius 2 is 2.21 bits per heavy atom. The topological polar surface area (TPSA) is 51.0 Å². The maximum Gasteiger partial charge on any atom is 0.246 e. The van der Waals surface area contributed by atoms with Gasteiger partial charge in [0.2, 0.25) is 5.89 Å². The SMILES string of the molecule is CC1(c2nc(C3CC4CCC3C4)no2)CCCCN1. The normalized spacial score (nSPS) is 41.8. The van der Waals surface area contributed by atoms with Gasteiger partial charge in [0.05, 0.1) is 5.54 Å². The molecular weight excluding hydrogens is 238 g/mol. The summed E-state index contributed by atoms with van der Waals surface area (Å²) in [4.78, 5) is 4.77. The molecule has 2 bridgehead atoms. The minimum Gasteiger partial charge on any atom is -0.337 e. The number of fused-ring (bicyclic) bond motifs is 2. The van der Waals surface area contributed by atoms with Gasteiger partial charge in [0.1, 0.15) is 0 Å². The molecule has 1 N–H and O–H groups in total. The fourth-order valence-corrected chi connectivity index (χ4v) is 4.41. The second kappa shape index (κ2) is 4.30. The number of piperidine rings is 1. The van der Waals surface area contributed by atoms with Crippen molar-refractivity contribution in [3.8, 4) is 0 Å². The number of hydrogen-bond acceptors (Lipinski definition) is 4. The Kier molecular flexibility index (Phi) is 2.69. The van der Waals surface area contributed by atoms with Crippen LogP contribution in [0, 0.1) is 11.8 Å². The Morgan fingerprint density at radius 1 is 1.26 bits per heavy atom. The van der Waals surface area contributed by atoms with Crippen LogP contribution in [-0.4, -0.2) is 16.7 Å². The van der Waals surface area contributed by atoms with E-state index >= 15 is 0 Å². The molecule has 4 unspecified atom stereocenters. The molecule has 1 aromatic heterocycles. The molecule has 2 saturated carbocycles. The van der Waals surface area contributed by atoms with Crippen molar-refractivity contribution in [2.45, 2.75) is 63.3 Å². The molecule has 0 amide bonds. The smallest absolute Gasteiger partial charge is 0.246 e. The highest BCUT2D eigenvalue weighted by molar-refractivity contribution is 5.10. The zero-order valence-electron chi connectivity index (χ0n) is 11.7. The second-order valence-electron chi connectivity index (χ2n) is 6.96. The first kappa shape index (κ1) is 11.9. The Labute approximate surface area is 114 Å². The zero-order valence-corrected chi connectivity index (χ0v) is 11.7. The predicted molar refractivity (Wildman–Crippen MR) is 71.7 cm³/mol. The van der Waals surface area contributed by atoms with E-state index in [1.54, 1.807) is 0 Å². The molecule has 19 heavy (non-hydrogen) atoms. The average Bonchev–Trinajstić information content (AvgIpc) is 3.15. The molecule has 0 aromatic carbocycles. The van der Waals surface area contributed by atoms with E-state index in [-0.39, 0.29) is 5.54 Å². The van der Waals surface area contributed by atoms with Gasteiger partial charge in [-0.15, -0.1) is 0 Å². The van der Waals surface area contributed by atoms with Crippen LogP contribution in [0.5, 0.6) is 0 Å². The first-order chi connectivity index (χ1) is 9.24. The molecule has 4 rings (SSSR count). The lowest BCUT2D eigenvalue weighted by Gasteiger charge is -2.31. The number of nitrogens with zero attached hydrogens (tertiary/aromatic N) is 2. The van der Waals surface area contributed by atoms with E-state index < -0.39 is 0 Å². The summed E-state index contributed by atoms with van der Waals surface area (Å²) in [5, 5.41) is 7.86. The molecule has 2 aliphatic carbocycles. The monoisotopic (exact) mass is 261 g/mol. The lowest BCUT2D eigenvalue weighted by molar-refractivity contribution is 0.206. The fraction of sp³-hybridized carbons (Fsp3) is 0.867. The summed E-state index contributed by atoms with van der Waals surface area (Å²) >= 11 is 0. The first-order valence-electron chi connectivity index (χ1n) is 7.84. The van der Waals surface area contributed by atoms with Gasteiger partial charge in [0.25, 0.3) is 0 Å². The largest absolute Gasteiger partial charge is 0.337 e. The summed E-state index contributed by atoms with van der Waals surface area (Å²) in [7, 11) is 0. The number of hydrogen-bond donors (Lipinski definition) is 1. The van der Waals surface area contributed by atoms with Crippen LogP contribution in [0.3, 0.4) is 0 Å². The molecule has 1 saturated heterocycles. The standard InChI is InChI=1S/C15H23N3O/c1-15(6-2-3-7-16-15)14-17-13(18-19-14)12-9-10-4-5-11(12)8-10/h10-12,16H,2-9H2,1H3. The molecule has 104 valence electrons. The third-order valence-corrected chi connectivity index (χ3v) is 5.60. The summed E-state index contributed by atoms with van der Waals surface area (Å²) in [5.41, 5.74) is -0.0961. The summed E-state index contributed by atoms with van der Waals surface area (Å²) < 4.78 is 5.60.